The Morgan fingerprint density at radius 3 is 2.74 bits per heavy atom. The largest absolute Gasteiger partial charge is 0.487 e. The summed E-state index contributed by atoms with van der Waals surface area (Å²) in [6.45, 7) is 6.56. The van der Waals surface area contributed by atoms with E-state index in [1.54, 1.807) is 4.90 Å². The van der Waals surface area contributed by atoms with Crippen molar-refractivity contribution >= 4 is 17.7 Å². The number of primary amides is 1. The van der Waals surface area contributed by atoms with Gasteiger partial charge in [-0.3, -0.25) is 14.4 Å². The number of para-hydroxylation sites is 1. The zero-order valence-electron chi connectivity index (χ0n) is 18.3. The van der Waals surface area contributed by atoms with Crippen LogP contribution in [0.3, 0.4) is 0 Å². The minimum absolute atomic E-state index is 0.0227. The lowest BCUT2D eigenvalue weighted by Crippen LogP contribution is -2.58. The molecule has 3 heterocycles. The number of benzene rings is 1. The molecule has 0 aliphatic carbocycles. The predicted molar refractivity (Wildman–Crippen MR) is 113 cm³/mol. The first-order valence-corrected chi connectivity index (χ1v) is 10.9. The number of fused-ring (bicyclic) bond motifs is 4. The summed E-state index contributed by atoms with van der Waals surface area (Å²) in [6.07, 6.45) is 1.42. The second kappa shape index (κ2) is 8.15. The predicted octanol–water partition coefficient (Wildman–Crippen LogP) is 1.53. The van der Waals surface area contributed by atoms with Gasteiger partial charge in [-0.15, -0.1) is 0 Å². The number of nitrogens with zero attached hydrogens (tertiary/aromatic N) is 1. The molecule has 1 aromatic rings. The van der Waals surface area contributed by atoms with Crippen LogP contribution in [0.25, 0.3) is 0 Å². The molecule has 8 heteroatoms. The van der Waals surface area contributed by atoms with Crippen molar-refractivity contribution in [2.45, 2.75) is 63.9 Å². The first-order chi connectivity index (χ1) is 14.7. The zero-order valence-corrected chi connectivity index (χ0v) is 18.3. The highest BCUT2D eigenvalue weighted by molar-refractivity contribution is 5.91. The summed E-state index contributed by atoms with van der Waals surface area (Å²) in [4.78, 5) is 37.7. The second-order valence-electron chi connectivity index (χ2n) is 9.44. The molecule has 31 heavy (non-hydrogen) atoms. The number of piperidine rings is 1. The second-order valence-corrected chi connectivity index (χ2v) is 9.44. The molecular weight excluding hydrogens is 398 g/mol. The van der Waals surface area contributed by atoms with Crippen molar-refractivity contribution in [3.05, 3.63) is 29.8 Å². The molecule has 0 saturated carbocycles. The topological polar surface area (TPSA) is 111 Å². The van der Waals surface area contributed by atoms with Crippen LogP contribution in [-0.2, 0) is 19.1 Å². The molecule has 168 valence electrons. The van der Waals surface area contributed by atoms with Gasteiger partial charge in [-0.05, 0) is 32.8 Å². The molecule has 0 bridgehead atoms. The van der Waals surface area contributed by atoms with E-state index in [1.165, 1.54) is 6.92 Å². The molecule has 5 atom stereocenters. The number of nitrogens with two attached hydrogens (primary N) is 1. The van der Waals surface area contributed by atoms with Crippen molar-refractivity contribution in [3.63, 3.8) is 0 Å². The van der Waals surface area contributed by atoms with Gasteiger partial charge in [-0.1, -0.05) is 18.2 Å². The summed E-state index contributed by atoms with van der Waals surface area (Å²) in [5.41, 5.74) is 6.00. The Balaban J connectivity index is 1.50. The van der Waals surface area contributed by atoms with Gasteiger partial charge < -0.3 is 25.4 Å². The zero-order chi connectivity index (χ0) is 22.3. The molecule has 0 spiro atoms. The van der Waals surface area contributed by atoms with Gasteiger partial charge in [0.15, 0.2) is 0 Å². The summed E-state index contributed by atoms with van der Waals surface area (Å²) >= 11 is 0. The van der Waals surface area contributed by atoms with Crippen LogP contribution >= 0.6 is 0 Å². The highest BCUT2D eigenvalue weighted by Crippen LogP contribution is 2.52. The third-order valence-electron chi connectivity index (χ3n) is 6.79. The number of carbonyl (C=O) groups is 3. The van der Waals surface area contributed by atoms with E-state index in [0.29, 0.717) is 19.5 Å². The summed E-state index contributed by atoms with van der Waals surface area (Å²) in [6, 6.07) is 7.12. The van der Waals surface area contributed by atoms with Crippen molar-refractivity contribution in [1.82, 2.24) is 10.2 Å². The van der Waals surface area contributed by atoms with Crippen LogP contribution in [0.1, 0.15) is 51.7 Å². The van der Waals surface area contributed by atoms with Crippen LogP contribution < -0.4 is 15.8 Å². The van der Waals surface area contributed by atoms with Crippen LogP contribution in [0, 0.1) is 11.8 Å². The quantitative estimate of drug-likeness (QED) is 0.754. The van der Waals surface area contributed by atoms with Crippen molar-refractivity contribution < 1.29 is 23.9 Å². The van der Waals surface area contributed by atoms with Gasteiger partial charge in [-0.25, -0.2) is 0 Å². The number of ether oxygens (including phenoxy) is 2. The molecule has 3 aliphatic heterocycles. The average Bonchev–Trinajstić information content (AvgIpc) is 2.70. The maximum Gasteiger partial charge on any atom is 0.245 e. The van der Waals surface area contributed by atoms with Crippen LogP contribution in [0.2, 0.25) is 0 Å². The van der Waals surface area contributed by atoms with E-state index >= 15 is 0 Å². The molecule has 3 N–H and O–H groups in total. The maximum atomic E-state index is 13.1. The number of hydrogen-bond acceptors (Lipinski definition) is 5. The normalized spacial score (nSPS) is 29.5. The molecule has 0 unspecified atom stereocenters. The van der Waals surface area contributed by atoms with E-state index in [0.717, 1.165) is 17.7 Å². The fraction of sp³-hybridized carbons (Fsp3) is 0.609. The fourth-order valence-electron chi connectivity index (χ4n) is 5.32. The maximum absolute atomic E-state index is 13.1. The smallest absolute Gasteiger partial charge is 0.245 e. The molecular formula is C23H31N3O5. The Morgan fingerprint density at radius 2 is 2.03 bits per heavy atom. The van der Waals surface area contributed by atoms with E-state index < -0.39 is 11.9 Å². The van der Waals surface area contributed by atoms with Gasteiger partial charge in [0.25, 0.3) is 0 Å². The summed E-state index contributed by atoms with van der Waals surface area (Å²) in [5.74, 6) is -0.0405. The molecule has 3 amide bonds. The summed E-state index contributed by atoms with van der Waals surface area (Å²) in [7, 11) is 0. The molecule has 0 aromatic heterocycles. The van der Waals surface area contributed by atoms with Crippen molar-refractivity contribution in [2.75, 3.05) is 13.1 Å². The summed E-state index contributed by atoms with van der Waals surface area (Å²) < 4.78 is 12.9. The summed E-state index contributed by atoms with van der Waals surface area (Å²) in [5, 5.41) is 2.57. The number of nitrogens with one attached hydrogen (secondary N) is 1. The Bertz CT molecular complexity index is 870. The van der Waals surface area contributed by atoms with E-state index in [4.69, 9.17) is 15.2 Å². The first-order valence-electron chi connectivity index (χ1n) is 10.9. The van der Waals surface area contributed by atoms with Crippen molar-refractivity contribution in [2.24, 2.45) is 17.6 Å². The Hall–Kier alpha value is -2.61. The SMILES string of the molecule is CC(=O)N[C@H](CC(N)=O)C(=O)N1CC[C@@H]2O[C@@H]3c4ccccc4OC(C)(C)[C@H]3C[C@@H]2C1. The van der Waals surface area contributed by atoms with Gasteiger partial charge in [0.2, 0.25) is 17.7 Å². The van der Waals surface area contributed by atoms with Crippen molar-refractivity contribution in [3.8, 4) is 5.75 Å². The number of rotatable bonds is 4. The van der Waals surface area contributed by atoms with E-state index in [-0.39, 0.29) is 47.9 Å². The molecule has 4 rings (SSSR count). The first kappa shape index (κ1) is 21.6. The molecule has 2 fully saturated rings. The van der Waals surface area contributed by atoms with Crippen LogP contribution in [-0.4, -0.2) is 53.5 Å². The lowest BCUT2D eigenvalue weighted by molar-refractivity contribution is -0.189. The monoisotopic (exact) mass is 429 g/mol. The van der Waals surface area contributed by atoms with Crippen LogP contribution in [0.15, 0.2) is 24.3 Å². The highest BCUT2D eigenvalue weighted by atomic mass is 16.5. The highest BCUT2D eigenvalue weighted by Gasteiger charge is 2.51. The lowest BCUT2D eigenvalue weighted by Gasteiger charge is -2.53. The average molecular weight is 430 g/mol. The van der Waals surface area contributed by atoms with Crippen LogP contribution in [0.4, 0.5) is 0 Å². The standard InChI is InChI=1S/C23H31N3O5/c1-13(27)25-17(11-20(24)28)22(29)26-9-8-18-14(12-26)10-16-21(30-18)15-6-4-5-7-19(15)31-23(16,2)3/h4-7,14,16-18,21H,8-12H2,1-3H3,(H2,24,28)(H,25,27)/t14-,16+,17-,18+,21-/m1/s1. The van der Waals surface area contributed by atoms with E-state index in [1.807, 2.05) is 18.2 Å². The number of likely N-dealkylation sites (tertiary alicyclic amines) is 1. The van der Waals surface area contributed by atoms with Gasteiger partial charge in [-0.2, -0.15) is 0 Å². The Morgan fingerprint density at radius 1 is 1.29 bits per heavy atom. The number of hydrogen-bond donors (Lipinski definition) is 2. The Kier molecular flexibility index (Phi) is 5.68. The number of amides is 3. The van der Waals surface area contributed by atoms with Crippen LogP contribution in [0.5, 0.6) is 5.75 Å². The Labute approximate surface area is 182 Å². The van der Waals surface area contributed by atoms with E-state index in [2.05, 4.69) is 25.2 Å². The van der Waals surface area contributed by atoms with Gasteiger partial charge in [0.05, 0.1) is 18.6 Å². The van der Waals surface area contributed by atoms with Crippen molar-refractivity contribution in [1.29, 1.82) is 0 Å². The molecule has 0 radical (unpaired) electrons. The minimum Gasteiger partial charge on any atom is -0.487 e. The molecule has 1 aromatic carbocycles. The third kappa shape index (κ3) is 4.26. The van der Waals surface area contributed by atoms with E-state index in [9.17, 15) is 14.4 Å². The molecule has 8 nitrogen and oxygen atoms in total. The van der Waals surface area contributed by atoms with Gasteiger partial charge >= 0.3 is 0 Å². The molecule has 2 saturated heterocycles. The third-order valence-corrected chi connectivity index (χ3v) is 6.79. The lowest BCUT2D eigenvalue weighted by atomic mass is 9.70. The van der Waals surface area contributed by atoms with Gasteiger partial charge in [0.1, 0.15) is 17.4 Å². The molecule has 3 aliphatic rings. The minimum atomic E-state index is -0.926. The van der Waals surface area contributed by atoms with Gasteiger partial charge in [0, 0.05) is 37.4 Å². The number of carbonyl (C=O) groups excluding carboxylic acids is 3. The fourth-order valence-corrected chi connectivity index (χ4v) is 5.32.